The Kier molecular flexibility index (Phi) is 6.15. The molecule has 3 aromatic carbocycles. The number of amides is 2. The van der Waals surface area contributed by atoms with Gasteiger partial charge in [-0.1, -0.05) is 48.0 Å². The highest BCUT2D eigenvalue weighted by Crippen LogP contribution is 2.61. The van der Waals surface area contributed by atoms with Crippen LogP contribution < -0.4 is 4.90 Å². The average Bonchev–Trinajstić information content (AvgIpc) is 3.60. The molecule has 2 amide bonds. The topological polar surface area (TPSA) is 80.8 Å². The van der Waals surface area contributed by atoms with Gasteiger partial charge in [0, 0.05) is 10.6 Å². The fraction of sp³-hybridized carbons (Fsp3) is 0.290. The summed E-state index contributed by atoms with van der Waals surface area (Å²) in [5, 5.41) is 0.502. The second-order valence-corrected chi connectivity index (χ2v) is 10.9. The summed E-state index contributed by atoms with van der Waals surface area (Å²) in [6.45, 7) is 1.51. The standard InChI is InChI=1S/C31H26ClNO5/c1-17(28(34)19-10-12-22(32)13-11-19)38-31(37)20-8-5-9-23(14-20)33-29(35)26-21-15-24(18-6-3-2-4-7-18)25(16-21)27(26)30(33)36/h2-14,17,21,24-27H,15-16H2,1H3/t17-,21+,24-,25+,26+,27-/m0/s1. The van der Waals surface area contributed by atoms with Gasteiger partial charge in [0.15, 0.2) is 6.10 Å². The van der Waals surface area contributed by atoms with E-state index in [1.807, 2.05) is 18.2 Å². The minimum atomic E-state index is -1.02. The third-order valence-electron chi connectivity index (χ3n) is 8.37. The van der Waals surface area contributed by atoms with Gasteiger partial charge in [0.2, 0.25) is 17.6 Å². The molecule has 2 saturated carbocycles. The summed E-state index contributed by atoms with van der Waals surface area (Å²) in [7, 11) is 0. The summed E-state index contributed by atoms with van der Waals surface area (Å²) >= 11 is 5.89. The molecule has 3 fully saturated rings. The van der Waals surface area contributed by atoms with Crippen molar-refractivity contribution in [2.45, 2.75) is 31.8 Å². The Morgan fingerprint density at radius 2 is 1.58 bits per heavy atom. The molecule has 1 saturated heterocycles. The summed E-state index contributed by atoms with van der Waals surface area (Å²) in [4.78, 5) is 54.0. The molecule has 192 valence electrons. The number of Topliss-reactive ketones (excluding diaryl/α,β-unsaturated/α-hetero) is 1. The van der Waals surface area contributed by atoms with Crippen molar-refractivity contribution in [2.75, 3.05) is 4.90 Å². The number of anilines is 1. The number of hydrogen-bond acceptors (Lipinski definition) is 5. The highest BCUT2D eigenvalue weighted by molar-refractivity contribution is 6.30. The quantitative estimate of drug-likeness (QED) is 0.233. The number of carbonyl (C=O) groups is 4. The van der Waals surface area contributed by atoms with E-state index in [1.165, 1.54) is 23.5 Å². The van der Waals surface area contributed by atoms with Crippen molar-refractivity contribution in [3.05, 3.63) is 101 Å². The van der Waals surface area contributed by atoms with Crippen LogP contribution in [0.4, 0.5) is 5.69 Å². The van der Waals surface area contributed by atoms with Crippen LogP contribution in [0, 0.1) is 23.7 Å². The van der Waals surface area contributed by atoms with Crippen LogP contribution >= 0.6 is 11.6 Å². The second kappa shape index (κ2) is 9.52. The van der Waals surface area contributed by atoms with Gasteiger partial charge in [0.25, 0.3) is 0 Å². The van der Waals surface area contributed by atoms with Crippen LogP contribution in [0.25, 0.3) is 0 Å². The third kappa shape index (κ3) is 4.04. The first kappa shape index (κ1) is 24.6. The van der Waals surface area contributed by atoms with E-state index in [0.29, 0.717) is 16.3 Å². The molecule has 0 unspecified atom stereocenters. The summed E-state index contributed by atoms with van der Waals surface area (Å²) in [5.74, 6) is -1.47. The summed E-state index contributed by atoms with van der Waals surface area (Å²) in [6.07, 6.45) is 0.785. The van der Waals surface area contributed by atoms with Crippen molar-refractivity contribution in [3.8, 4) is 0 Å². The van der Waals surface area contributed by atoms with E-state index in [1.54, 1.807) is 42.5 Å². The van der Waals surface area contributed by atoms with Crippen molar-refractivity contribution in [3.63, 3.8) is 0 Å². The molecule has 6 atom stereocenters. The summed E-state index contributed by atoms with van der Waals surface area (Å²) in [6, 6.07) is 22.9. The molecule has 0 spiro atoms. The number of carbonyl (C=O) groups excluding carboxylic acids is 4. The minimum absolute atomic E-state index is 0.140. The van der Waals surface area contributed by atoms with Crippen LogP contribution in [-0.2, 0) is 14.3 Å². The highest BCUT2D eigenvalue weighted by Gasteiger charge is 2.64. The SMILES string of the molecule is C[C@H](OC(=O)c1cccc(N2C(=O)[C@@H]3[C@H]4C[C@@H]([C@@H]3C2=O)[C@H](c2ccccc2)C4)c1)C(=O)c1ccc(Cl)cc1. The fourth-order valence-electron chi connectivity index (χ4n) is 6.70. The lowest BCUT2D eigenvalue weighted by atomic mass is 9.73. The van der Waals surface area contributed by atoms with Gasteiger partial charge >= 0.3 is 5.97 Å². The summed E-state index contributed by atoms with van der Waals surface area (Å²) < 4.78 is 5.43. The lowest BCUT2D eigenvalue weighted by Gasteiger charge is -2.28. The fourth-order valence-corrected chi connectivity index (χ4v) is 6.83. The maximum atomic E-state index is 13.6. The van der Waals surface area contributed by atoms with Gasteiger partial charge in [-0.05, 0) is 85.5 Å². The Hall–Kier alpha value is -3.77. The largest absolute Gasteiger partial charge is 0.451 e. The Bertz CT molecular complexity index is 1440. The van der Waals surface area contributed by atoms with Gasteiger partial charge < -0.3 is 4.74 Å². The van der Waals surface area contributed by atoms with Crippen LogP contribution in [0.5, 0.6) is 0 Å². The predicted molar refractivity (Wildman–Crippen MR) is 142 cm³/mol. The Labute approximate surface area is 225 Å². The normalized spacial score (nSPS) is 26.4. The maximum absolute atomic E-state index is 13.6. The molecule has 1 aliphatic heterocycles. The first-order valence-electron chi connectivity index (χ1n) is 12.9. The Balaban J connectivity index is 1.19. The monoisotopic (exact) mass is 527 g/mol. The molecule has 2 aliphatic carbocycles. The number of ether oxygens (including phenoxy) is 1. The smallest absolute Gasteiger partial charge is 0.338 e. The van der Waals surface area contributed by atoms with Crippen LogP contribution in [0.3, 0.4) is 0 Å². The molecule has 3 aliphatic rings. The number of nitrogens with zero attached hydrogens (tertiary/aromatic N) is 1. The van der Waals surface area contributed by atoms with Crippen LogP contribution in [-0.4, -0.2) is 29.7 Å². The zero-order valence-electron chi connectivity index (χ0n) is 20.8. The van der Waals surface area contributed by atoms with Gasteiger partial charge in [0.05, 0.1) is 23.1 Å². The van der Waals surface area contributed by atoms with E-state index < -0.39 is 12.1 Å². The number of hydrogen-bond donors (Lipinski definition) is 0. The van der Waals surface area contributed by atoms with Crippen LogP contribution in [0.2, 0.25) is 5.02 Å². The molecular weight excluding hydrogens is 502 g/mol. The van der Waals surface area contributed by atoms with Crippen molar-refractivity contribution in [1.29, 1.82) is 0 Å². The maximum Gasteiger partial charge on any atom is 0.338 e. The van der Waals surface area contributed by atoms with E-state index >= 15 is 0 Å². The number of ketones is 1. The number of rotatable bonds is 6. The number of fused-ring (bicyclic) bond motifs is 5. The molecule has 1 heterocycles. The lowest BCUT2D eigenvalue weighted by molar-refractivity contribution is -0.123. The molecule has 0 radical (unpaired) electrons. The molecule has 0 aromatic heterocycles. The molecule has 6 nitrogen and oxygen atoms in total. The van der Waals surface area contributed by atoms with E-state index in [-0.39, 0.29) is 52.8 Å². The van der Waals surface area contributed by atoms with E-state index in [0.717, 1.165) is 12.8 Å². The lowest BCUT2D eigenvalue weighted by Crippen LogP contribution is -2.33. The molecular formula is C31H26ClNO5. The van der Waals surface area contributed by atoms with Crippen LogP contribution in [0.15, 0.2) is 78.9 Å². The van der Waals surface area contributed by atoms with Gasteiger partial charge in [-0.2, -0.15) is 0 Å². The van der Waals surface area contributed by atoms with E-state index in [9.17, 15) is 19.2 Å². The predicted octanol–water partition coefficient (Wildman–Crippen LogP) is 5.70. The first-order chi connectivity index (χ1) is 18.3. The molecule has 0 N–H and O–H groups in total. The van der Waals surface area contributed by atoms with Gasteiger partial charge in [-0.25, -0.2) is 4.79 Å². The first-order valence-corrected chi connectivity index (χ1v) is 13.2. The Morgan fingerprint density at radius 3 is 2.32 bits per heavy atom. The number of halogens is 1. The third-order valence-corrected chi connectivity index (χ3v) is 8.62. The molecule has 6 rings (SSSR count). The summed E-state index contributed by atoms with van der Waals surface area (Å²) in [5.41, 5.74) is 2.13. The van der Waals surface area contributed by atoms with E-state index in [4.69, 9.17) is 16.3 Å². The highest BCUT2D eigenvalue weighted by atomic mass is 35.5. The number of benzene rings is 3. The van der Waals surface area contributed by atoms with Gasteiger partial charge in [-0.3, -0.25) is 19.3 Å². The van der Waals surface area contributed by atoms with Crippen molar-refractivity contribution < 1.29 is 23.9 Å². The van der Waals surface area contributed by atoms with Gasteiger partial charge in [0.1, 0.15) is 0 Å². The Morgan fingerprint density at radius 1 is 0.868 bits per heavy atom. The molecule has 7 heteroatoms. The van der Waals surface area contributed by atoms with Crippen molar-refractivity contribution >= 4 is 40.9 Å². The minimum Gasteiger partial charge on any atom is -0.451 e. The van der Waals surface area contributed by atoms with Crippen LogP contribution in [0.1, 0.15) is 52.0 Å². The number of esters is 1. The van der Waals surface area contributed by atoms with E-state index in [2.05, 4.69) is 12.1 Å². The van der Waals surface area contributed by atoms with Crippen molar-refractivity contribution in [2.24, 2.45) is 23.7 Å². The zero-order chi connectivity index (χ0) is 26.6. The molecule has 3 aromatic rings. The molecule has 2 bridgehead atoms. The molecule has 38 heavy (non-hydrogen) atoms. The average molecular weight is 528 g/mol. The van der Waals surface area contributed by atoms with Gasteiger partial charge in [-0.15, -0.1) is 0 Å². The number of imide groups is 1. The van der Waals surface area contributed by atoms with Crippen molar-refractivity contribution in [1.82, 2.24) is 0 Å². The second-order valence-electron chi connectivity index (χ2n) is 10.4. The zero-order valence-corrected chi connectivity index (χ0v) is 21.5.